The molecule has 1 unspecified atom stereocenters. The predicted molar refractivity (Wildman–Crippen MR) is 112 cm³/mol. The van der Waals surface area contributed by atoms with E-state index in [1.807, 2.05) is 48.5 Å². The minimum atomic E-state index is -1.20. The molecule has 3 aromatic rings. The maximum Gasteiger partial charge on any atom is 0.407 e. The zero-order valence-corrected chi connectivity index (χ0v) is 17.0. The Morgan fingerprint density at radius 2 is 1.77 bits per heavy atom. The summed E-state index contributed by atoms with van der Waals surface area (Å²) < 4.78 is 6.86. The second-order valence-electron chi connectivity index (χ2n) is 7.12. The van der Waals surface area contributed by atoms with E-state index in [0.29, 0.717) is 10.7 Å². The maximum atomic E-state index is 12.4. The summed E-state index contributed by atoms with van der Waals surface area (Å²) in [7, 11) is 0. The lowest BCUT2D eigenvalue weighted by molar-refractivity contribution is -0.139. The number of nitrogens with zero attached hydrogens (tertiary/aromatic N) is 2. The molecule has 0 radical (unpaired) electrons. The Bertz CT molecular complexity index is 1070. The van der Waals surface area contributed by atoms with Crippen molar-refractivity contribution >= 4 is 23.7 Å². The van der Waals surface area contributed by atoms with Gasteiger partial charge in [0.2, 0.25) is 0 Å². The number of aliphatic carboxylic acids is 1. The van der Waals surface area contributed by atoms with Gasteiger partial charge in [0.25, 0.3) is 0 Å². The van der Waals surface area contributed by atoms with Crippen LogP contribution in [0.3, 0.4) is 0 Å². The number of ether oxygens (including phenoxy) is 1. The van der Waals surface area contributed by atoms with Crippen LogP contribution in [0.5, 0.6) is 0 Å². The molecule has 8 heteroatoms. The van der Waals surface area contributed by atoms with Crippen LogP contribution in [0.1, 0.15) is 22.7 Å². The fraction of sp³-hybridized carbons (Fsp3) is 0.227. The van der Waals surface area contributed by atoms with Crippen molar-refractivity contribution in [1.29, 1.82) is 0 Å². The Morgan fingerprint density at radius 3 is 2.30 bits per heavy atom. The zero-order valence-electron chi connectivity index (χ0n) is 16.2. The van der Waals surface area contributed by atoms with Crippen LogP contribution in [-0.4, -0.2) is 39.6 Å². The van der Waals surface area contributed by atoms with Gasteiger partial charge >= 0.3 is 12.1 Å². The van der Waals surface area contributed by atoms with Gasteiger partial charge in [-0.25, -0.2) is 9.59 Å². The summed E-state index contributed by atoms with van der Waals surface area (Å²) in [4.78, 5) is 24.0. The number of carbonyl (C=O) groups excluding carboxylic acids is 1. The lowest BCUT2D eigenvalue weighted by Gasteiger charge is -2.18. The van der Waals surface area contributed by atoms with Gasteiger partial charge in [-0.2, -0.15) is 5.10 Å². The molecular weight excluding hydrogens is 406 g/mol. The Labute approximate surface area is 178 Å². The average molecular weight is 426 g/mol. The maximum absolute atomic E-state index is 12.4. The smallest absolute Gasteiger partial charge is 0.407 e. The summed E-state index contributed by atoms with van der Waals surface area (Å²) in [6.45, 7) is 1.78. The summed E-state index contributed by atoms with van der Waals surface area (Å²) in [6.07, 6.45) is 0.642. The molecule has 0 saturated carbocycles. The molecule has 0 aliphatic heterocycles. The molecule has 1 amide bonds. The quantitative estimate of drug-likeness (QED) is 0.626. The molecule has 1 aliphatic carbocycles. The normalized spacial score (nSPS) is 13.4. The second-order valence-corrected chi connectivity index (χ2v) is 7.53. The van der Waals surface area contributed by atoms with Gasteiger partial charge in [0, 0.05) is 5.92 Å². The molecule has 0 bridgehead atoms. The van der Waals surface area contributed by atoms with Crippen LogP contribution in [0.25, 0.3) is 11.1 Å². The monoisotopic (exact) mass is 425 g/mol. The lowest BCUT2D eigenvalue weighted by atomic mass is 9.98. The fourth-order valence-corrected chi connectivity index (χ4v) is 3.89. The number of alkyl carbamates (subject to hydrolysis) is 1. The van der Waals surface area contributed by atoms with Crippen LogP contribution < -0.4 is 5.32 Å². The number of benzene rings is 2. The van der Waals surface area contributed by atoms with Gasteiger partial charge in [-0.1, -0.05) is 60.1 Å². The summed E-state index contributed by atoms with van der Waals surface area (Å²) in [5, 5.41) is 16.3. The van der Waals surface area contributed by atoms with E-state index >= 15 is 0 Å². The van der Waals surface area contributed by atoms with E-state index in [1.54, 1.807) is 6.92 Å². The number of amides is 1. The van der Waals surface area contributed by atoms with Gasteiger partial charge in [0.15, 0.2) is 0 Å². The second kappa shape index (κ2) is 8.20. The largest absolute Gasteiger partial charge is 0.480 e. The molecule has 2 N–H and O–H groups in total. The first-order chi connectivity index (χ1) is 14.5. The van der Waals surface area contributed by atoms with Crippen molar-refractivity contribution in [2.75, 3.05) is 6.61 Å². The molecule has 1 heterocycles. The van der Waals surface area contributed by atoms with Crippen LogP contribution in [0, 0.1) is 6.92 Å². The lowest BCUT2D eigenvalue weighted by Crippen LogP contribution is -2.44. The molecule has 7 nitrogen and oxygen atoms in total. The van der Waals surface area contributed by atoms with Gasteiger partial charge in [-0.05, 0) is 29.2 Å². The molecule has 2 aromatic carbocycles. The number of carbonyl (C=O) groups is 2. The molecule has 154 valence electrons. The zero-order chi connectivity index (χ0) is 21.3. The van der Waals surface area contributed by atoms with E-state index in [0.717, 1.165) is 22.3 Å². The number of carboxylic acids is 1. The number of halogens is 1. The Hall–Kier alpha value is -3.32. The van der Waals surface area contributed by atoms with Gasteiger partial charge in [-0.3, -0.25) is 4.68 Å². The van der Waals surface area contributed by atoms with Crippen LogP contribution in [0.2, 0.25) is 5.02 Å². The molecule has 1 aromatic heterocycles. The van der Waals surface area contributed by atoms with Crippen LogP contribution >= 0.6 is 11.6 Å². The van der Waals surface area contributed by atoms with Crippen LogP contribution in [-0.2, 0) is 16.1 Å². The highest BCUT2D eigenvalue weighted by Gasteiger charge is 2.30. The minimum absolute atomic E-state index is 0.0575. The number of hydrogen-bond acceptors (Lipinski definition) is 4. The first kappa shape index (κ1) is 20.0. The SMILES string of the molecule is Cc1c(Cl)cnn1CC(NC(=O)OCC1c2ccccc2-c2ccccc21)C(=O)O. The predicted octanol–water partition coefficient (Wildman–Crippen LogP) is 3.84. The Kier molecular flexibility index (Phi) is 5.46. The van der Waals surface area contributed by atoms with Crippen molar-refractivity contribution in [3.8, 4) is 11.1 Å². The third-order valence-electron chi connectivity index (χ3n) is 5.33. The van der Waals surface area contributed by atoms with E-state index in [2.05, 4.69) is 10.4 Å². The average Bonchev–Trinajstić information content (AvgIpc) is 3.23. The Balaban J connectivity index is 1.44. The van der Waals surface area contributed by atoms with Crippen molar-refractivity contribution in [3.05, 3.63) is 76.6 Å². The topological polar surface area (TPSA) is 93.5 Å². The van der Waals surface area contributed by atoms with Crippen molar-refractivity contribution < 1.29 is 19.4 Å². The highest BCUT2D eigenvalue weighted by Crippen LogP contribution is 2.44. The number of carboxylic acid groups (broad SMARTS) is 1. The molecule has 0 fully saturated rings. The minimum Gasteiger partial charge on any atom is -0.480 e. The van der Waals surface area contributed by atoms with Gasteiger partial charge < -0.3 is 15.2 Å². The molecule has 1 aliphatic rings. The highest BCUT2D eigenvalue weighted by atomic mass is 35.5. The molecule has 30 heavy (non-hydrogen) atoms. The molecule has 0 spiro atoms. The summed E-state index contributed by atoms with van der Waals surface area (Å²) in [6, 6.07) is 14.8. The number of aromatic nitrogens is 2. The summed E-state index contributed by atoms with van der Waals surface area (Å²) in [5.74, 6) is -1.28. The standard InChI is InChI=1S/C22H20ClN3O4/c1-13-19(23)10-24-26(13)11-20(21(27)28)25-22(29)30-12-18-16-8-4-2-6-14(16)15-7-3-5-9-17(15)18/h2-10,18,20H,11-12H2,1H3,(H,25,29)(H,27,28). The molecule has 4 rings (SSSR count). The van der Waals surface area contributed by atoms with Gasteiger partial charge in [0.1, 0.15) is 12.6 Å². The first-order valence-corrected chi connectivity index (χ1v) is 9.85. The van der Waals surface area contributed by atoms with Gasteiger partial charge in [-0.15, -0.1) is 0 Å². The summed E-state index contributed by atoms with van der Waals surface area (Å²) in [5.41, 5.74) is 5.04. The van der Waals surface area contributed by atoms with E-state index in [-0.39, 0.29) is 19.1 Å². The van der Waals surface area contributed by atoms with Crippen LogP contribution in [0.4, 0.5) is 4.79 Å². The first-order valence-electron chi connectivity index (χ1n) is 9.48. The van der Waals surface area contributed by atoms with Crippen LogP contribution in [0.15, 0.2) is 54.7 Å². The van der Waals surface area contributed by atoms with Gasteiger partial charge in [0.05, 0.1) is 23.5 Å². The summed E-state index contributed by atoms with van der Waals surface area (Å²) >= 11 is 5.96. The van der Waals surface area contributed by atoms with Crippen molar-refractivity contribution in [2.45, 2.75) is 25.4 Å². The van der Waals surface area contributed by atoms with E-state index < -0.39 is 18.1 Å². The molecule has 0 saturated heterocycles. The number of hydrogen-bond donors (Lipinski definition) is 2. The Morgan fingerprint density at radius 1 is 1.17 bits per heavy atom. The molecule has 1 atom stereocenters. The van der Waals surface area contributed by atoms with E-state index in [9.17, 15) is 14.7 Å². The van der Waals surface area contributed by atoms with E-state index in [1.165, 1.54) is 10.9 Å². The third kappa shape index (κ3) is 3.76. The number of rotatable bonds is 6. The van der Waals surface area contributed by atoms with Crippen molar-refractivity contribution in [1.82, 2.24) is 15.1 Å². The van der Waals surface area contributed by atoms with E-state index in [4.69, 9.17) is 16.3 Å². The fourth-order valence-electron chi connectivity index (χ4n) is 3.75. The van der Waals surface area contributed by atoms with Crippen molar-refractivity contribution in [3.63, 3.8) is 0 Å². The molecular formula is C22H20ClN3O4. The van der Waals surface area contributed by atoms with Crippen molar-refractivity contribution in [2.24, 2.45) is 0 Å². The number of nitrogens with one attached hydrogen (secondary N) is 1. The highest BCUT2D eigenvalue weighted by molar-refractivity contribution is 6.31. The number of fused-ring (bicyclic) bond motifs is 3. The third-order valence-corrected chi connectivity index (χ3v) is 5.70.